The van der Waals surface area contributed by atoms with Gasteiger partial charge in [0.1, 0.15) is 5.01 Å². The van der Waals surface area contributed by atoms with E-state index in [4.69, 9.17) is 9.84 Å². The van der Waals surface area contributed by atoms with Crippen LogP contribution in [0.5, 0.6) is 0 Å². The fraction of sp³-hybridized carbons (Fsp3) is 0.467. The molecular formula is C15H19N3O2S. The fourth-order valence-electron chi connectivity index (χ4n) is 2.60. The van der Waals surface area contributed by atoms with Crippen molar-refractivity contribution in [2.75, 3.05) is 5.32 Å². The Hall–Kier alpha value is -1.50. The minimum atomic E-state index is -0.0576. The van der Waals surface area contributed by atoms with Gasteiger partial charge in [-0.2, -0.15) is 0 Å². The van der Waals surface area contributed by atoms with E-state index in [0.29, 0.717) is 11.6 Å². The average molecular weight is 305 g/mol. The van der Waals surface area contributed by atoms with Gasteiger partial charge in [0.05, 0.1) is 25.4 Å². The van der Waals surface area contributed by atoms with Crippen molar-refractivity contribution in [1.29, 1.82) is 0 Å². The molecule has 2 N–H and O–H groups in total. The number of aromatic nitrogens is 2. The van der Waals surface area contributed by atoms with Gasteiger partial charge >= 0.3 is 0 Å². The molecule has 2 atom stereocenters. The second-order valence-electron chi connectivity index (χ2n) is 5.18. The maximum Gasteiger partial charge on any atom is 0.206 e. The molecule has 0 amide bonds. The van der Waals surface area contributed by atoms with Crippen LogP contribution in [0, 0.1) is 0 Å². The van der Waals surface area contributed by atoms with E-state index in [9.17, 15) is 0 Å². The first-order chi connectivity index (χ1) is 10.3. The molecule has 0 radical (unpaired) electrons. The summed E-state index contributed by atoms with van der Waals surface area (Å²) in [5.41, 5.74) is 1.20. The number of aliphatic hydroxyl groups excluding tert-OH is 1. The predicted octanol–water partition coefficient (Wildman–Crippen LogP) is 2.58. The van der Waals surface area contributed by atoms with Crippen LogP contribution in [0.25, 0.3) is 0 Å². The molecule has 112 valence electrons. The summed E-state index contributed by atoms with van der Waals surface area (Å²) in [4.78, 5) is 0. The molecule has 0 unspecified atom stereocenters. The van der Waals surface area contributed by atoms with Crippen molar-refractivity contribution >= 4 is 16.5 Å². The van der Waals surface area contributed by atoms with E-state index in [-0.39, 0.29) is 18.8 Å². The molecule has 1 saturated carbocycles. The second-order valence-corrected chi connectivity index (χ2v) is 6.24. The van der Waals surface area contributed by atoms with Crippen LogP contribution in [0.15, 0.2) is 30.3 Å². The Kier molecular flexibility index (Phi) is 4.80. The summed E-state index contributed by atoms with van der Waals surface area (Å²) < 4.78 is 6.05. The highest BCUT2D eigenvalue weighted by Crippen LogP contribution is 2.27. The number of ether oxygens (including phenoxy) is 1. The number of aliphatic hydroxyl groups is 1. The zero-order valence-corrected chi connectivity index (χ0v) is 12.6. The zero-order chi connectivity index (χ0) is 14.5. The smallest absolute Gasteiger partial charge is 0.206 e. The van der Waals surface area contributed by atoms with E-state index < -0.39 is 0 Å². The average Bonchev–Trinajstić information content (AvgIpc) is 3.16. The predicted molar refractivity (Wildman–Crippen MR) is 82.1 cm³/mol. The van der Waals surface area contributed by atoms with E-state index in [1.165, 1.54) is 16.9 Å². The van der Waals surface area contributed by atoms with Crippen molar-refractivity contribution < 1.29 is 9.84 Å². The first kappa shape index (κ1) is 14.4. The molecule has 0 spiro atoms. The lowest BCUT2D eigenvalue weighted by Gasteiger charge is -2.21. The van der Waals surface area contributed by atoms with Crippen LogP contribution < -0.4 is 5.32 Å². The fourth-order valence-corrected chi connectivity index (χ4v) is 3.26. The van der Waals surface area contributed by atoms with Gasteiger partial charge in [0.25, 0.3) is 0 Å². The van der Waals surface area contributed by atoms with Crippen LogP contribution >= 0.6 is 11.3 Å². The Labute approximate surface area is 128 Å². The van der Waals surface area contributed by atoms with Crippen LogP contribution in [0.3, 0.4) is 0 Å². The lowest BCUT2D eigenvalue weighted by atomic mass is 10.2. The Morgan fingerprint density at radius 1 is 1.24 bits per heavy atom. The number of anilines is 1. The number of hydrogen-bond donors (Lipinski definition) is 2. The van der Waals surface area contributed by atoms with Crippen molar-refractivity contribution in [3.05, 3.63) is 40.9 Å². The van der Waals surface area contributed by atoms with Gasteiger partial charge in [-0.1, -0.05) is 41.7 Å². The molecule has 0 aliphatic heterocycles. The summed E-state index contributed by atoms with van der Waals surface area (Å²) in [6.07, 6.45) is 3.50. The second kappa shape index (κ2) is 6.98. The third-order valence-electron chi connectivity index (χ3n) is 3.67. The zero-order valence-electron chi connectivity index (χ0n) is 11.7. The van der Waals surface area contributed by atoms with Crippen LogP contribution in [-0.2, 0) is 18.0 Å². The van der Waals surface area contributed by atoms with Crippen LogP contribution in [0.2, 0.25) is 0 Å². The molecule has 5 nitrogen and oxygen atoms in total. The largest absolute Gasteiger partial charge is 0.389 e. The number of nitrogens with zero attached hydrogens (tertiary/aromatic N) is 2. The first-order valence-electron chi connectivity index (χ1n) is 7.20. The van der Waals surface area contributed by atoms with Gasteiger partial charge in [-0.05, 0) is 24.8 Å². The van der Waals surface area contributed by atoms with Crippen LogP contribution in [0.4, 0.5) is 5.13 Å². The SMILES string of the molecule is OCc1nnc(N[C@@H]2CCC[C@H]2OCc2ccccc2)s1. The number of benzene rings is 1. The van der Waals surface area contributed by atoms with Crippen molar-refractivity contribution in [3.63, 3.8) is 0 Å². The van der Waals surface area contributed by atoms with Crippen LogP contribution in [-0.4, -0.2) is 27.4 Å². The van der Waals surface area contributed by atoms with Gasteiger partial charge in [0.15, 0.2) is 0 Å². The molecule has 2 aromatic rings. The number of rotatable bonds is 6. The highest BCUT2D eigenvalue weighted by molar-refractivity contribution is 7.15. The normalized spacial score (nSPS) is 21.6. The Morgan fingerprint density at radius 3 is 2.86 bits per heavy atom. The molecular weight excluding hydrogens is 286 g/mol. The summed E-state index contributed by atoms with van der Waals surface area (Å²) in [6, 6.07) is 10.5. The monoisotopic (exact) mass is 305 g/mol. The standard InChI is InChI=1S/C15H19N3O2S/c19-9-14-17-18-15(21-14)16-12-7-4-8-13(12)20-10-11-5-2-1-3-6-11/h1-3,5-6,12-13,19H,4,7-10H2,(H,16,18)/t12-,13-/m1/s1. The number of nitrogens with one attached hydrogen (secondary N) is 1. The van der Waals surface area contributed by atoms with Gasteiger partial charge in [-0.15, -0.1) is 10.2 Å². The van der Waals surface area contributed by atoms with Crippen LogP contribution in [0.1, 0.15) is 29.8 Å². The Balaban J connectivity index is 1.55. The minimum absolute atomic E-state index is 0.0576. The molecule has 0 bridgehead atoms. The van der Waals surface area contributed by atoms with Gasteiger partial charge < -0.3 is 15.2 Å². The first-order valence-corrected chi connectivity index (χ1v) is 8.02. The summed E-state index contributed by atoms with van der Waals surface area (Å²) >= 11 is 1.40. The topological polar surface area (TPSA) is 67.3 Å². The molecule has 6 heteroatoms. The molecule has 1 fully saturated rings. The molecule has 1 heterocycles. The highest BCUT2D eigenvalue weighted by Gasteiger charge is 2.28. The van der Waals surface area contributed by atoms with Gasteiger partial charge in [0, 0.05) is 0 Å². The minimum Gasteiger partial charge on any atom is -0.389 e. The number of hydrogen-bond acceptors (Lipinski definition) is 6. The van der Waals surface area contributed by atoms with E-state index in [1.54, 1.807) is 0 Å². The molecule has 3 rings (SSSR count). The molecule has 1 aliphatic carbocycles. The van der Waals surface area contributed by atoms with Crippen molar-refractivity contribution in [1.82, 2.24) is 10.2 Å². The molecule has 1 aromatic carbocycles. The van der Waals surface area contributed by atoms with E-state index in [0.717, 1.165) is 24.4 Å². The third kappa shape index (κ3) is 3.78. The summed E-state index contributed by atoms with van der Waals surface area (Å²) in [7, 11) is 0. The molecule has 21 heavy (non-hydrogen) atoms. The molecule has 1 aromatic heterocycles. The Bertz CT molecular complexity index is 561. The maximum absolute atomic E-state index is 9.03. The van der Waals surface area contributed by atoms with Gasteiger partial charge in [0.2, 0.25) is 5.13 Å². The highest BCUT2D eigenvalue weighted by atomic mass is 32.1. The lowest BCUT2D eigenvalue weighted by Crippen LogP contribution is -2.30. The van der Waals surface area contributed by atoms with E-state index in [2.05, 4.69) is 27.6 Å². The van der Waals surface area contributed by atoms with Crippen molar-refractivity contribution in [2.24, 2.45) is 0 Å². The maximum atomic E-state index is 9.03. The summed E-state index contributed by atoms with van der Waals surface area (Å²) in [6.45, 7) is 0.583. The van der Waals surface area contributed by atoms with E-state index in [1.807, 2.05) is 18.2 Å². The van der Waals surface area contributed by atoms with Crippen molar-refractivity contribution in [3.8, 4) is 0 Å². The van der Waals surface area contributed by atoms with E-state index >= 15 is 0 Å². The van der Waals surface area contributed by atoms with Crippen molar-refractivity contribution in [2.45, 2.75) is 44.6 Å². The Morgan fingerprint density at radius 2 is 2.10 bits per heavy atom. The lowest BCUT2D eigenvalue weighted by molar-refractivity contribution is 0.0394. The summed E-state index contributed by atoms with van der Waals surface area (Å²) in [5.74, 6) is 0. The van der Waals surface area contributed by atoms with Gasteiger partial charge in [-0.25, -0.2) is 0 Å². The third-order valence-corrected chi connectivity index (χ3v) is 4.51. The van der Waals surface area contributed by atoms with Gasteiger partial charge in [-0.3, -0.25) is 0 Å². The molecule has 0 saturated heterocycles. The molecule has 1 aliphatic rings. The quantitative estimate of drug-likeness (QED) is 0.858. The summed E-state index contributed by atoms with van der Waals surface area (Å²) in [5, 5.41) is 21.8.